The summed E-state index contributed by atoms with van der Waals surface area (Å²) < 4.78 is 0. The van der Waals surface area contributed by atoms with E-state index in [-0.39, 0.29) is 11.4 Å². The Hall–Kier alpha value is -1.77. The SMILES string of the molecule is C=CCN(C(=O)c1ccc(N)c(C)c1)C(C)(C)C. The Morgan fingerprint density at radius 2 is 2.06 bits per heavy atom. The summed E-state index contributed by atoms with van der Waals surface area (Å²) in [6.07, 6.45) is 1.74. The van der Waals surface area contributed by atoms with Crippen molar-refractivity contribution in [1.29, 1.82) is 0 Å². The van der Waals surface area contributed by atoms with Crippen LogP contribution in [-0.4, -0.2) is 22.9 Å². The van der Waals surface area contributed by atoms with Gasteiger partial charge in [-0.05, 0) is 51.5 Å². The molecule has 2 N–H and O–H groups in total. The largest absolute Gasteiger partial charge is 0.399 e. The molecule has 0 aliphatic carbocycles. The van der Waals surface area contributed by atoms with Crippen LogP contribution in [0.5, 0.6) is 0 Å². The molecule has 3 heteroatoms. The van der Waals surface area contributed by atoms with Crippen LogP contribution >= 0.6 is 0 Å². The van der Waals surface area contributed by atoms with E-state index in [1.807, 2.05) is 33.8 Å². The van der Waals surface area contributed by atoms with Crippen molar-refractivity contribution in [2.45, 2.75) is 33.2 Å². The zero-order valence-electron chi connectivity index (χ0n) is 11.7. The van der Waals surface area contributed by atoms with Crippen LogP contribution in [0.1, 0.15) is 36.7 Å². The lowest BCUT2D eigenvalue weighted by atomic mass is 10.0. The van der Waals surface area contributed by atoms with Crippen molar-refractivity contribution in [2.24, 2.45) is 0 Å². The first-order valence-corrected chi connectivity index (χ1v) is 6.06. The summed E-state index contributed by atoms with van der Waals surface area (Å²) in [7, 11) is 0. The fourth-order valence-electron chi connectivity index (χ4n) is 1.76. The van der Waals surface area contributed by atoms with Crippen molar-refractivity contribution in [3.05, 3.63) is 42.0 Å². The lowest BCUT2D eigenvalue weighted by Crippen LogP contribution is -2.45. The van der Waals surface area contributed by atoms with E-state index in [9.17, 15) is 4.79 Å². The van der Waals surface area contributed by atoms with Crippen LogP contribution in [0.15, 0.2) is 30.9 Å². The highest BCUT2D eigenvalue weighted by Crippen LogP contribution is 2.19. The maximum absolute atomic E-state index is 12.5. The number of carbonyl (C=O) groups excluding carboxylic acids is 1. The Balaban J connectivity index is 3.09. The number of carbonyl (C=O) groups is 1. The molecular weight excluding hydrogens is 224 g/mol. The number of nitrogens with zero attached hydrogens (tertiary/aromatic N) is 1. The number of rotatable bonds is 3. The number of nitrogen functional groups attached to an aromatic ring is 1. The monoisotopic (exact) mass is 246 g/mol. The number of amides is 1. The fourth-order valence-corrected chi connectivity index (χ4v) is 1.76. The van der Waals surface area contributed by atoms with Gasteiger partial charge in [0.25, 0.3) is 5.91 Å². The maximum Gasteiger partial charge on any atom is 0.254 e. The van der Waals surface area contributed by atoms with Gasteiger partial charge < -0.3 is 10.6 Å². The molecular formula is C15H22N2O. The number of anilines is 1. The Morgan fingerprint density at radius 1 is 1.44 bits per heavy atom. The topological polar surface area (TPSA) is 46.3 Å². The Labute approximate surface area is 109 Å². The summed E-state index contributed by atoms with van der Waals surface area (Å²) in [6.45, 7) is 12.2. The lowest BCUT2D eigenvalue weighted by molar-refractivity contribution is 0.0616. The van der Waals surface area contributed by atoms with E-state index in [2.05, 4.69) is 6.58 Å². The van der Waals surface area contributed by atoms with Crippen LogP contribution < -0.4 is 5.73 Å². The van der Waals surface area contributed by atoms with E-state index < -0.39 is 0 Å². The third-order valence-corrected chi connectivity index (χ3v) is 2.88. The molecule has 0 saturated heterocycles. The summed E-state index contributed by atoms with van der Waals surface area (Å²) in [5, 5.41) is 0. The Bertz CT molecular complexity index is 458. The summed E-state index contributed by atoms with van der Waals surface area (Å²) in [4.78, 5) is 14.3. The van der Waals surface area contributed by atoms with Crippen LogP contribution in [0.2, 0.25) is 0 Å². The van der Waals surface area contributed by atoms with Crippen LogP contribution in [0.25, 0.3) is 0 Å². The highest BCUT2D eigenvalue weighted by atomic mass is 16.2. The standard InChI is InChI=1S/C15H22N2O/c1-6-9-17(15(3,4)5)14(18)12-7-8-13(16)11(2)10-12/h6-8,10H,1,9,16H2,2-5H3. The molecule has 0 radical (unpaired) electrons. The highest BCUT2D eigenvalue weighted by Gasteiger charge is 2.26. The minimum Gasteiger partial charge on any atom is -0.399 e. The quantitative estimate of drug-likeness (QED) is 0.658. The molecule has 98 valence electrons. The summed E-state index contributed by atoms with van der Waals surface area (Å²) in [6, 6.07) is 5.38. The minimum atomic E-state index is -0.236. The van der Waals surface area contributed by atoms with Crippen LogP contribution in [0.4, 0.5) is 5.69 Å². The fraction of sp³-hybridized carbons (Fsp3) is 0.400. The second-order valence-electron chi connectivity index (χ2n) is 5.45. The summed E-state index contributed by atoms with van der Waals surface area (Å²) in [5.74, 6) is 0.00509. The molecule has 0 fully saturated rings. The van der Waals surface area contributed by atoms with E-state index in [0.717, 1.165) is 5.56 Å². The zero-order valence-corrected chi connectivity index (χ0v) is 11.7. The third kappa shape index (κ3) is 3.13. The van der Waals surface area contributed by atoms with Gasteiger partial charge in [-0.2, -0.15) is 0 Å². The molecule has 0 unspecified atom stereocenters. The molecule has 1 aromatic rings. The summed E-state index contributed by atoms with van der Waals surface area (Å²) in [5.41, 5.74) is 7.83. The van der Waals surface area contributed by atoms with Crippen LogP contribution in [0, 0.1) is 6.92 Å². The molecule has 0 bridgehead atoms. The van der Waals surface area contributed by atoms with Gasteiger partial charge in [-0.25, -0.2) is 0 Å². The minimum absolute atomic E-state index is 0.00509. The van der Waals surface area contributed by atoms with Crippen molar-refractivity contribution in [3.63, 3.8) is 0 Å². The van der Waals surface area contributed by atoms with Gasteiger partial charge in [-0.15, -0.1) is 6.58 Å². The molecule has 0 aromatic heterocycles. The first-order chi connectivity index (χ1) is 8.27. The zero-order chi connectivity index (χ0) is 13.9. The predicted molar refractivity (Wildman–Crippen MR) is 76.6 cm³/mol. The Morgan fingerprint density at radius 3 is 2.50 bits per heavy atom. The van der Waals surface area contributed by atoms with Crippen molar-refractivity contribution in [3.8, 4) is 0 Å². The number of nitrogens with two attached hydrogens (primary N) is 1. The molecule has 0 spiro atoms. The second kappa shape index (κ2) is 5.25. The molecule has 3 nitrogen and oxygen atoms in total. The third-order valence-electron chi connectivity index (χ3n) is 2.88. The van der Waals surface area contributed by atoms with E-state index in [4.69, 9.17) is 5.73 Å². The van der Waals surface area contributed by atoms with Gasteiger partial charge in [0.15, 0.2) is 0 Å². The number of aryl methyl sites for hydroxylation is 1. The highest BCUT2D eigenvalue weighted by molar-refractivity contribution is 5.95. The van der Waals surface area contributed by atoms with Gasteiger partial charge in [0, 0.05) is 23.3 Å². The number of benzene rings is 1. The molecule has 1 rings (SSSR count). The van der Waals surface area contributed by atoms with Gasteiger partial charge >= 0.3 is 0 Å². The van der Waals surface area contributed by atoms with Gasteiger partial charge in [-0.3, -0.25) is 4.79 Å². The number of hydrogen-bond acceptors (Lipinski definition) is 2. The van der Waals surface area contributed by atoms with E-state index in [1.54, 1.807) is 23.1 Å². The van der Waals surface area contributed by atoms with Crippen LogP contribution in [0.3, 0.4) is 0 Å². The molecule has 1 aromatic carbocycles. The average Bonchev–Trinajstić information content (AvgIpc) is 2.27. The van der Waals surface area contributed by atoms with Gasteiger partial charge in [0.2, 0.25) is 0 Å². The maximum atomic E-state index is 12.5. The van der Waals surface area contributed by atoms with Gasteiger partial charge in [0.1, 0.15) is 0 Å². The molecule has 0 atom stereocenters. The van der Waals surface area contributed by atoms with Crippen LogP contribution in [-0.2, 0) is 0 Å². The van der Waals surface area contributed by atoms with E-state index >= 15 is 0 Å². The van der Waals surface area contributed by atoms with E-state index in [1.165, 1.54) is 0 Å². The predicted octanol–water partition coefficient (Wildman–Crippen LogP) is 3.00. The van der Waals surface area contributed by atoms with Crippen molar-refractivity contribution in [2.75, 3.05) is 12.3 Å². The molecule has 0 saturated carbocycles. The lowest BCUT2D eigenvalue weighted by Gasteiger charge is -2.35. The first kappa shape index (κ1) is 14.3. The van der Waals surface area contributed by atoms with E-state index in [0.29, 0.717) is 17.8 Å². The van der Waals surface area contributed by atoms with Crippen molar-refractivity contribution >= 4 is 11.6 Å². The van der Waals surface area contributed by atoms with Crippen molar-refractivity contribution in [1.82, 2.24) is 4.90 Å². The molecule has 18 heavy (non-hydrogen) atoms. The average molecular weight is 246 g/mol. The second-order valence-corrected chi connectivity index (χ2v) is 5.45. The first-order valence-electron chi connectivity index (χ1n) is 6.06. The molecule has 0 aliphatic rings. The Kier molecular flexibility index (Phi) is 4.17. The molecule has 0 aliphatic heterocycles. The number of hydrogen-bond donors (Lipinski definition) is 1. The van der Waals surface area contributed by atoms with Gasteiger partial charge in [-0.1, -0.05) is 6.08 Å². The molecule has 1 amide bonds. The normalized spacial score (nSPS) is 11.1. The van der Waals surface area contributed by atoms with Crippen molar-refractivity contribution < 1.29 is 4.79 Å². The van der Waals surface area contributed by atoms with Gasteiger partial charge in [0.05, 0.1) is 0 Å². The smallest absolute Gasteiger partial charge is 0.254 e. The molecule has 0 heterocycles. The summed E-state index contributed by atoms with van der Waals surface area (Å²) >= 11 is 0.